The zero-order valence-corrected chi connectivity index (χ0v) is 7.47. The molecule has 0 saturated carbocycles. The van der Waals surface area contributed by atoms with Crippen molar-refractivity contribution < 1.29 is 4.18 Å². The Balaban J connectivity index is 2.52. The van der Waals surface area contributed by atoms with Crippen LogP contribution in [-0.2, 0) is 10.6 Å². The van der Waals surface area contributed by atoms with Crippen LogP contribution in [0.3, 0.4) is 0 Å². The maximum Gasteiger partial charge on any atom is 0.0650 e. The van der Waals surface area contributed by atoms with Crippen LogP contribution in [0.4, 0.5) is 0 Å². The highest BCUT2D eigenvalue weighted by atomic mass is 32.1. The normalized spacial score (nSPS) is 10.0. The Hall–Kier alpha value is -0.470. The van der Waals surface area contributed by atoms with E-state index in [2.05, 4.69) is 48.3 Å². The standard InChI is InChI=1S/C9H12OS/c1-8-2-4-9(5-3-8)6-7-10-11/h2-5,11H,6-7H2,1H3. The summed E-state index contributed by atoms with van der Waals surface area (Å²) in [5.41, 5.74) is 2.59. The van der Waals surface area contributed by atoms with Crippen LogP contribution in [0.15, 0.2) is 24.3 Å². The van der Waals surface area contributed by atoms with E-state index in [9.17, 15) is 0 Å². The summed E-state index contributed by atoms with van der Waals surface area (Å²) < 4.78 is 4.67. The molecule has 1 aromatic rings. The lowest BCUT2D eigenvalue weighted by Crippen LogP contribution is -1.90. The van der Waals surface area contributed by atoms with E-state index in [1.54, 1.807) is 0 Å². The summed E-state index contributed by atoms with van der Waals surface area (Å²) in [6.45, 7) is 2.76. The average molecular weight is 168 g/mol. The summed E-state index contributed by atoms with van der Waals surface area (Å²) in [4.78, 5) is 0. The van der Waals surface area contributed by atoms with Gasteiger partial charge in [-0.3, -0.25) is 0 Å². The van der Waals surface area contributed by atoms with Gasteiger partial charge >= 0.3 is 0 Å². The lowest BCUT2D eigenvalue weighted by Gasteiger charge is -1.98. The zero-order chi connectivity index (χ0) is 8.10. The van der Waals surface area contributed by atoms with E-state index in [0.29, 0.717) is 6.61 Å². The van der Waals surface area contributed by atoms with Gasteiger partial charge < -0.3 is 4.18 Å². The molecule has 0 unspecified atom stereocenters. The first-order valence-corrected chi connectivity index (χ1v) is 4.01. The van der Waals surface area contributed by atoms with Crippen LogP contribution < -0.4 is 0 Å². The van der Waals surface area contributed by atoms with Gasteiger partial charge in [-0.1, -0.05) is 29.8 Å². The second kappa shape index (κ2) is 4.42. The lowest BCUT2D eigenvalue weighted by atomic mass is 10.1. The van der Waals surface area contributed by atoms with Gasteiger partial charge in [0, 0.05) is 0 Å². The van der Waals surface area contributed by atoms with Gasteiger partial charge in [0.15, 0.2) is 0 Å². The maximum absolute atomic E-state index is 4.67. The minimum atomic E-state index is 0.673. The Morgan fingerprint density at radius 1 is 1.27 bits per heavy atom. The van der Waals surface area contributed by atoms with E-state index in [1.165, 1.54) is 11.1 Å². The van der Waals surface area contributed by atoms with Crippen molar-refractivity contribution in [2.24, 2.45) is 0 Å². The summed E-state index contributed by atoms with van der Waals surface area (Å²) in [6, 6.07) is 8.44. The molecular formula is C9H12OS. The highest BCUT2D eigenvalue weighted by Gasteiger charge is 1.90. The first-order chi connectivity index (χ1) is 5.33. The van der Waals surface area contributed by atoms with Crippen LogP contribution in [0.5, 0.6) is 0 Å². The van der Waals surface area contributed by atoms with Crippen molar-refractivity contribution in [2.45, 2.75) is 13.3 Å². The van der Waals surface area contributed by atoms with Crippen molar-refractivity contribution >= 4 is 12.9 Å². The Labute approximate surface area is 73.0 Å². The van der Waals surface area contributed by atoms with Gasteiger partial charge in [-0.15, -0.1) is 0 Å². The Morgan fingerprint density at radius 3 is 2.45 bits per heavy atom. The first-order valence-electron chi connectivity index (χ1n) is 3.65. The molecule has 0 amide bonds. The Morgan fingerprint density at radius 2 is 1.91 bits per heavy atom. The SMILES string of the molecule is Cc1ccc(CCOS)cc1. The van der Waals surface area contributed by atoms with Crippen LogP contribution in [0.1, 0.15) is 11.1 Å². The average Bonchev–Trinajstić information content (AvgIpc) is 2.04. The monoisotopic (exact) mass is 168 g/mol. The number of rotatable bonds is 3. The Kier molecular flexibility index (Phi) is 3.46. The molecule has 0 aliphatic rings. The summed E-state index contributed by atoms with van der Waals surface area (Å²) >= 11 is 3.67. The van der Waals surface area contributed by atoms with Crippen LogP contribution in [-0.4, -0.2) is 6.61 Å². The second-order valence-corrected chi connectivity index (χ2v) is 2.83. The summed E-state index contributed by atoms with van der Waals surface area (Å²) in [6.07, 6.45) is 0.934. The molecule has 1 nitrogen and oxygen atoms in total. The lowest BCUT2D eigenvalue weighted by molar-refractivity contribution is 0.387. The predicted octanol–water partition coefficient (Wildman–Crippen LogP) is 2.40. The largest absolute Gasteiger partial charge is 0.318 e. The van der Waals surface area contributed by atoms with Crippen molar-refractivity contribution in [1.29, 1.82) is 0 Å². The fourth-order valence-electron chi connectivity index (χ4n) is 0.918. The summed E-state index contributed by atoms with van der Waals surface area (Å²) in [5, 5.41) is 0. The molecule has 0 spiro atoms. The number of hydrogen-bond donors (Lipinski definition) is 1. The molecule has 0 saturated heterocycles. The number of thiol groups is 1. The van der Waals surface area contributed by atoms with E-state index >= 15 is 0 Å². The quantitative estimate of drug-likeness (QED) is 0.538. The van der Waals surface area contributed by atoms with Crippen molar-refractivity contribution in [3.8, 4) is 0 Å². The van der Waals surface area contributed by atoms with Gasteiger partial charge in [0.05, 0.1) is 6.61 Å². The van der Waals surface area contributed by atoms with Crippen LogP contribution in [0.2, 0.25) is 0 Å². The van der Waals surface area contributed by atoms with Gasteiger partial charge in [-0.2, -0.15) is 0 Å². The van der Waals surface area contributed by atoms with E-state index in [0.717, 1.165) is 6.42 Å². The molecule has 11 heavy (non-hydrogen) atoms. The smallest absolute Gasteiger partial charge is 0.0650 e. The minimum absolute atomic E-state index is 0.673. The van der Waals surface area contributed by atoms with Gasteiger partial charge in [-0.25, -0.2) is 0 Å². The minimum Gasteiger partial charge on any atom is -0.318 e. The van der Waals surface area contributed by atoms with Crippen LogP contribution in [0.25, 0.3) is 0 Å². The molecule has 0 atom stereocenters. The molecule has 0 heterocycles. The first kappa shape index (κ1) is 8.62. The van der Waals surface area contributed by atoms with E-state index in [4.69, 9.17) is 0 Å². The molecule has 60 valence electrons. The fourth-order valence-corrected chi connectivity index (χ4v) is 1.01. The molecule has 0 N–H and O–H groups in total. The van der Waals surface area contributed by atoms with E-state index in [1.807, 2.05) is 0 Å². The molecule has 2 heteroatoms. The van der Waals surface area contributed by atoms with Crippen molar-refractivity contribution in [3.63, 3.8) is 0 Å². The molecule has 0 radical (unpaired) electrons. The number of aryl methyl sites for hydroxylation is 1. The van der Waals surface area contributed by atoms with Gasteiger partial charge in [-0.05, 0) is 31.8 Å². The summed E-state index contributed by atoms with van der Waals surface area (Å²) in [7, 11) is 0. The molecule has 1 rings (SSSR count). The molecule has 0 aliphatic carbocycles. The van der Waals surface area contributed by atoms with Gasteiger partial charge in [0.1, 0.15) is 0 Å². The Bertz CT molecular complexity index is 205. The summed E-state index contributed by atoms with van der Waals surface area (Å²) in [5.74, 6) is 0. The van der Waals surface area contributed by atoms with Crippen molar-refractivity contribution in [1.82, 2.24) is 0 Å². The molecule has 0 fully saturated rings. The van der Waals surface area contributed by atoms with Gasteiger partial charge in [0.2, 0.25) is 0 Å². The third-order valence-corrected chi connectivity index (χ3v) is 1.79. The van der Waals surface area contributed by atoms with E-state index < -0.39 is 0 Å². The highest BCUT2D eigenvalue weighted by Crippen LogP contribution is 2.03. The van der Waals surface area contributed by atoms with Crippen LogP contribution in [0, 0.1) is 6.92 Å². The van der Waals surface area contributed by atoms with Crippen LogP contribution >= 0.6 is 12.9 Å². The maximum atomic E-state index is 4.67. The highest BCUT2D eigenvalue weighted by molar-refractivity contribution is 7.75. The number of hydrogen-bond acceptors (Lipinski definition) is 2. The molecule has 0 aliphatic heterocycles. The molecular weight excluding hydrogens is 156 g/mol. The fraction of sp³-hybridized carbons (Fsp3) is 0.333. The van der Waals surface area contributed by atoms with Crippen molar-refractivity contribution in [2.75, 3.05) is 6.61 Å². The second-order valence-electron chi connectivity index (χ2n) is 2.57. The molecule has 0 aromatic heterocycles. The topological polar surface area (TPSA) is 9.23 Å². The molecule has 1 aromatic carbocycles. The van der Waals surface area contributed by atoms with E-state index in [-0.39, 0.29) is 0 Å². The molecule has 0 bridgehead atoms. The number of benzene rings is 1. The van der Waals surface area contributed by atoms with Crippen molar-refractivity contribution in [3.05, 3.63) is 35.4 Å². The van der Waals surface area contributed by atoms with Gasteiger partial charge in [0.25, 0.3) is 0 Å². The predicted molar refractivity (Wildman–Crippen MR) is 49.8 cm³/mol. The third kappa shape index (κ3) is 2.95. The third-order valence-electron chi connectivity index (χ3n) is 1.60. The zero-order valence-electron chi connectivity index (χ0n) is 6.58.